The van der Waals surface area contributed by atoms with Crippen LogP contribution in [-0.4, -0.2) is 12.3 Å². The van der Waals surface area contributed by atoms with Crippen molar-refractivity contribution in [2.45, 2.75) is 11.8 Å². The maximum Gasteiger partial charge on any atom is 0.126 e. The smallest absolute Gasteiger partial charge is 0.126 e. The van der Waals surface area contributed by atoms with Gasteiger partial charge in [-0.3, -0.25) is 0 Å². The van der Waals surface area contributed by atoms with Gasteiger partial charge in [0.05, 0.1) is 0 Å². The molecule has 18 heavy (non-hydrogen) atoms. The van der Waals surface area contributed by atoms with Gasteiger partial charge in [0.2, 0.25) is 0 Å². The van der Waals surface area contributed by atoms with E-state index in [0.717, 1.165) is 18.0 Å². The summed E-state index contributed by atoms with van der Waals surface area (Å²) >= 11 is 1.81. The van der Waals surface area contributed by atoms with Gasteiger partial charge in [-0.1, -0.05) is 18.2 Å². The van der Waals surface area contributed by atoms with Crippen LogP contribution in [-0.2, 0) is 0 Å². The predicted octanol–water partition coefficient (Wildman–Crippen LogP) is 4.34. The van der Waals surface area contributed by atoms with Gasteiger partial charge < -0.3 is 5.32 Å². The second kappa shape index (κ2) is 6.45. The maximum atomic E-state index is 13.1. The summed E-state index contributed by atoms with van der Waals surface area (Å²) in [6.07, 6.45) is 0. The van der Waals surface area contributed by atoms with Gasteiger partial charge in [0.1, 0.15) is 5.82 Å². The quantitative estimate of drug-likeness (QED) is 0.635. The maximum absolute atomic E-state index is 13.1. The Hall–Kier alpha value is -1.48. The van der Waals surface area contributed by atoms with Crippen molar-refractivity contribution >= 4 is 17.4 Å². The molecule has 0 aliphatic heterocycles. The van der Waals surface area contributed by atoms with E-state index >= 15 is 0 Å². The molecular weight excluding hydrogens is 245 g/mol. The van der Waals surface area contributed by atoms with Gasteiger partial charge in [-0.05, 0) is 42.8 Å². The summed E-state index contributed by atoms with van der Waals surface area (Å²) in [6, 6.07) is 15.4. The van der Waals surface area contributed by atoms with Crippen molar-refractivity contribution < 1.29 is 4.39 Å². The number of hydrogen-bond donors (Lipinski definition) is 1. The van der Waals surface area contributed by atoms with Crippen LogP contribution in [0.5, 0.6) is 0 Å². The SMILES string of the molecule is Cc1cc(NCCSc2ccccc2)ccc1F. The third-order valence-electron chi connectivity index (χ3n) is 2.60. The first-order valence-electron chi connectivity index (χ1n) is 5.93. The molecule has 1 nitrogen and oxygen atoms in total. The Morgan fingerprint density at radius 2 is 1.89 bits per heavy atom. The number of thioether (sulfide) groups is 1. The molecule has 0 radical (unpaired) electrons. The van der Waals surface area contributed by atoms with Crippen molar-refractivity contribution in [1.29, 1.82) is 0 Å². The second-order valence-corrected chi connectivity index (χ2v) is 5.22. The fourth-order valence-electron chi connectivity index (χ4n) is 1.64. The molecule has 0 fully saturated rings. The van der Waals surface area contributed by atoms with E-state index in [1.165, 1.54) is 11.0 Å². The summed E-state index contributed by atoms with van der Waals surface area (Å²) in [5, 5.41) is 3.30. The standard InChI is InChI=1S/C15H16FNS/c1-12-11-13(7-8-15(12)16)17-9-10-18-14-5-3-2-4-6-14/h2-8,11,17H,9-10H2,1H3. The van der Waals surface area contributed by atoms with E-state index in [1.807, 2.05) is 36.0 Å². The fourth-order valence-corrected chi connectivity index (χ4v) is 2.43. The van der Waals surface area contributed by atoms with E-state index in [1.54, 1.807) is 13.0 Å². The van der Waals surface area contributed by atoms with Crippen LogP contribution < -0.4 is 5.32 Å². The van der Waals surface area contributed by atoms with Crippen LogP contribution in [0.15, 0.2) is 53.4 Å². The number of aryl methyl sites for hydroxylation is 1. The number of anilines is 1. The lowest BCUT2D eigenvalue weighted by atomic mass is 10.2. The summed E-state index contributed by atoms with van der Waals surface area (Å²) in [6.45, 7) is 2.64. The minimum Gasteiger partial charge on any atom is -0.384 e. The molecule has 0 saturated heterocycles. The van der Waals surface area contributed by atoms with Gasteiger partial charge in [-0.25, -0.2) is 4.39 Å². The Morgan fingerprint density at radius 3 is 2.61 bits per heavy atom. The van der Waals surface area contributed by atoms with Crippen LogP contribution in [0.2, 0.25) is 0 Å². The molecule has 0 aliphatic rings. The molecule has 0 spiro atoms. The molecule has 94 valence electrons. The molecule has 3 heteroatoms. The normalized spacial score (nSPS) is 10.3. The third kappa shape index (κ3) is 3.77. The van der Waals surface area contributed by atoms with E-state index in [0.29, 0.717) is 5.56 Å². The van der Waals surface area contributed by atoms with Crippen LogP contribution in [0.1, 0.15) is 5.56 Å². The minimum atomic E-state index is -0.154. The van der Waals surface area contributed by atoms with Crippen LogP contribution >= 0.6 is 11.8 Å². The monoisotopic (exact) mass is 261 g/mol. The summed E-state index contributed by atoms with van der Waals surface area (Å²) in [5.74, 6) is 0.833. The lowest BCUT2D eigenvalue weighted by Gasteiger charge is -2.07. The van der Waals surface area contributed by atoms with Crippen LogP contribution in [0, 0.1) is 12.7 Å². The molecule has 0 aromatic heterocycles. The Kier molecular flexibility index (Phi) is 4.65. The van der Waals surface area contributed by atoms with Crippen LogP contribution in [0.25, 0.3) is 0 Å². The number of rotatable bonds is 5. The Labute approximate surface area is 111 Å². The summed E-state index contributed by atoms with van der Waals surface area (Å²) in [4.78, 5) is 1.27. The first kappa shape index (κ1) is 13.0. The van der Waals surface area contributed by atoms with Gasteiger partial charge in [-0.2, -0.15) is 0 Å². The van der Waals surface area contributed by atoms with Crippen LogP contribution in [0.3, 0.4) is 0 Å². The van der Waals surface area contributed by atoms with Crippen molar-refractivity contribution in [1.82, 2.24) is 0 Å². The molecule has 1 N–H and O–H groups in total. The predicted molar refractivity (Wildman–Crippen MR) is 76.8 cm³/mol. The van der Waals surface area contributed by atoms with E-state index < -0.39 is 0 Å². The highest BCUT2D eigenvalue weighted by atomic mass is 32.2. The van der Waals surface area contributed by atoms with Gasteiger partial charge in [0.25, 0.3) is 0 Å². The highest BCUT2D eigenvalue weighted by Gasteiger charge is 1.98. The number of hydrogen-bond acceptors (Lipinski definition) is 2. The van der Waals surface area contributed by atoms with Crippen molar-refractivity contribution in [3.8, 4) is 0 Å². The minimum absolute atomic E-state index is 0.154. The Morgan fingerprint density at radius 1 is 1.11 bits per heavy atom. The van der Waals surface area contributed by atoms with Gasteiger partial charge in [0, 0.05) is 22.9 Å². The topological polar surface area (TPSA) is 12.0 Å². The lowest BCUT2D eigenvalue weighted by molar-refractivity contribution is 0.618. The molecule has 2 aromatic carbocycles. The molecule has 0 atom stereocenters. The Balaban J connectivity index is 1.77. The van der Waals surface area contributed by atoms with Gasteiger partial charge in [0.15, 0.2) is 0 Å². The first-order valence-corrected chi connectivity index (χ1v) is 6.92. The molecule has 0 amide bonds. The van der Waals surface area contributed by atoms with E-state index in [9.17, 15) is 4.39 Å². The first-order chi connectivity index (χ1) is 8.75. The fraction of sp³-hybridized carbons (Fsp3) is 0.200. The molecular formula is C15H16FNS. The largest absolute Gasteiger partial charge is 0.384 e. The van der Waals surface area contributed by atoms with Gasteiger partial charge >= 0.3 is 0 Å². The summed E-state index contributed by atoms with van der Waals surface area (Å²) < 4.78 is 13.1. The number of nitrogens with one attached hydrogen (secondary N) is 1. The van der Waals surface area contributed by atoms with Crippen molar-refractivity contribution in [2.75, 3.05) is 17.6 Å². The summed E-state index contributed by atoms with van der Waals surface area (Å²) in [7, 11) is 0. The molecule has 0 bridgehead atoms. The average Bonchev–Trinajstić information content (AvgIpc) is 2.40. The van der Waals surface area contributed by atoms with E-state index in [4.69, 9.17) is 0 Å². The number of benzene rings is 2. The molecule has 2 rings (SSSR count). The molecule has 0 saturated carbocycles. The average molecular weight is 261 g/mol. The zero-order valence-electron chi connectivity index (χ0n) is 10.3. The molecule has 0 unspecified atom stereocenters. The van der Waals surface area contributed by atoms with Crippen molar-refractivity contribution in [3.05, 3.63) is 59.9 Å². The highest BCUT2D eigenvalue weighted by Crippen LogP contribution is 2.17. The van der Waals surface area contributed by atoms with Crippen LogP contribution in [0.4, 0.5) is 10.1 Å². The number of halogens is 1. The van der Waals surface area contributed by atoms with Gasteiger partial charge in [-0.15, -0.1) is 11.8 Å². The highest BCUT2D eigenvalue weighted by molar-refractivity contribution is 7.99. The Bertz CT molecular complexity index is 499. The zero-order valence-corrected chi connectivity index (χ0v) is 11.1. The molecule has 0 aliphatic carbocycles. The molecule has 2 aromatic rings. The second-order valence-electron chi connectivity index (χ2n) is 4.05. The zero-order chi connectivity index (χ0) is 12.8. The molecule has 0 heterocycles. The van der Waals surface area contributed by atoms with Crippen molar-refractivity contribution in [3.63, 3.8) is 0 Å². The lowest BCUT2D eigenvalue weighted by Crippen LogP contribution is -2.04. The summed E-state index contributed by atoms with van der Waals surface area (Å²) in [5.41, 5.74) is 1.65. The van der Waals surface area contributed by atoms with Crippen molar-refractivity contribution in [2.24, 2.45) is 0 Å². The van der Waals surface area contributed by atoms with E-state index in [2.05, 4.69) is 17.4 Å². The third-order valence-corrected chi connectivity index (χ3v) is 3.61. The van der Waals surface area contributed by atoms with E-state index in [-0.39, 0.29) is 5.82 Å².